The highest BCUT2D eigenvalue weighted by Gasteiger charge is 2.09. The molecule has 0 radical (unpaired) electrons. The molecule has 2 aromatic rings. The Labute approximate surface area is 113 Å². The Morgan fingerprint density at radius 1 is 1.32 bits per heavy atom. The molecule has 0 unspecified atom stereocenters. The average Bonchev–Trinajstić information content (AvgIpc) is 2.89. The lowest BCUT2D eigenvalue weighted by Gasteiger charge is -2.14. The van der Waals surface area contributed by atoms with Crippen molar-refractivity contribution in [3.8, 4) is 5.75 Å². The van der Waals surface area contributed by atoms with Crippen LogP contribution in [0.3, 0.4) is 0 Å². The average molecular weight is 261 g/mol. The first-order valence-electron chi connectivity index (χ1n) is 6.16. The summed E-state index contributed by atoms with van der Waals surface area (Å²) in [4.78, 5) is 6.38. The molecule has 2 rings (SSSR count). The van der Waals surface area contributed by atoms with Gasteiger partial charge in [-0.1, -0.05) is 12.1 Å². The van der Waals surface area contributed by atoms with Gasteiger partial charge in [-0.15, -0.1) is 0 Å². The number of hydrogen-bond donors (Lipinski definition) is 1. The maximum Gasteiger partial charge on any atom is 0.297 e. The van der Waals surface area contributed by atoms with Crippen molar-refractivity contribution >= 4 is 6.01 Å². The van der Waals surface area contributed by atoms with Crippen LogP contribution in [0, 0.1) is 0 Å². The Bertz CT molecular complexity index is 508. The van der Waals surface area contributed by atoms with Gasteiger partial charge in [-0.3, -0.25) is 0 Å². The van der Waals surface area contributed by atoms with Crippen molar-refractivity contribution in [1.29, 1.82) is 0 Å². The van der Waals surface area contributed by atoms with Crippen molar-refractivity contribution in [2.75, 3.05) is 26.1 Å². The molecular weight excluding hydrogens is 242 g/mol. The summed E-state index contributed by atoms with van der Waals surface area (Å²) in [5.41, 5.74) is 2.08. The summed E-state index contributed by atoms with van der Waals surface area (Å²) < 4.78 is 10.6. The summed E-state index contributed by atoms with van der Waals surface area (Å²) in [7, 11) is 5.51. The van der Waals surface area contributed by atoms with E-state index in [0.29, 0.717) is 12.6 Å². The quantitative estimate of drug-likeness (QED) is 0.862. The van der Waals surface area contributed by atoms with Crippen LogP contribution in [0.1, 0.15) is 11.3 Å². The Morgan fingerprint density at radius 2 is 2.05 bits per heavy atom. The molecule has 1 N–H and O–H groups in total. The van der Waals surface area contributed by atoms with Crippen LogP contribution < -0.4 is 15.0 Å². The normalized spacial score (nSPS) is 10.5. The molecule has 0 fully saturated rings. The smallest absolute Gasteiger partial charge is 0.297 e. The van der Waals surface area contributed by atoms with Crippen molar-refractivity contribution in [3.63, 3.8) is 0 Å². The second kappa shape index (κ2) is 6.24. The fraction of sp³-hybridized carbons (Fsp3) is 0.357. The zero-order valence-corrected chi connectivity index (χ0v) is 11.5. The van der Waals surface area contributed by atoms with Gasteiger partial charge in [0.05, 0.1) is 12.8 Å². The minimum atomic E-state index is 0.626. The van der Waals surface area contributed by atoms with E-state index in [1.807, 2.05) is 43.3 Å². The third kappa shape index (κ3) is 3.48. The lowest BCUT2D eigenvalue weighted by Crippen LogP contribution is -2.17. The van der Waals surface area contributed by atoms with Gasteiger partial charge < -0.3 is 19.4 Å². The van der Waals surface area contributed by atoms with Crippen LogP contribution in [0.25, 0.3) is 0 Å². The molecule has 0 aliphatic heterocycles. The number of benzene rings is 1. The molecule has 1 aromatic carbocycles. The summed E-state index contributed by atoms with van der Waals surface area (Å²) in [6, 6.07) is 8.59. The molecule has 19 heavy (non-hydrogen) atoms. The second-order valence-corrected chi connectivity index (χ2v) is 4.36. The summed E-state index contributed by atoms with van der Waals surface area (Å²) >= 11 is 0. The first-order valence-corrected chi connectivity index (χ1v) is 6.16. The summed E-state index contributed by atoms with van der Waals surface area (Å²) in [6.07, 6.45) is 1.68. The number of nitrogens with zero attached hydrogens (tertiary/aromatic N) is 2. The third-order valence-corrected chi connectivity index (χ3v) is 2.80. The van der Waals surface area contributed by atoms with E-state index >= 15 is 0 Å². The van der Waals surface area contributed by atoms with Crippen molar-refractivity contribution < 1.29 is 9.15 Å². The molecule has 5 heteroatoms. The number of nitrogens with one attached hydrogen (secondary N) is 1. The van der Waals surface area contributed by atoms with Crippen molar-refractivity contribution in [2.24, 2.45) is 0 Å². The van der Waals surface area contributed by atoms with Gasteiger partial charge in [0.25, 0.3) is 6.01 Å². The number of rotatable bonds is 6. The molecule has 1 aromatic heterocycles. The van der Waals surface area contributed by atoms with E-state index in [4.69, 9.17) is 9.15 Å². The highest BCUT2D eigenvalue weighted by molar-refractivity contribution is 5.32. The molecule has 102 valence electrons. The number of oxazole rings is 1. The molecule has 0 saturated carbocycles. The highest BCUT2D eigenvalue weighted by Crippen LogP contribution is 2.17. The van der Waals surface area contributed by atoms with Gasteiger partial charge >= 0.3 is 0 Å². The first-order chi connectivity index (χ1) is 9.22. The fourth-order valence-corrected chi connectivity index (χ4v) is 1.81. The lowest BCUT2D eigenvalue weighted by atomic mass is 10.2. The van der Waals surface area contributed by atoms with Gasteiger partial charge in [0, 0.05) is 20.1 Å². The molecule has 0 aliphatic carbocycles. The van der Waals surface area contributed by atoms with Crippen molar-refractivity contribution in [1.82, 2.24) is 10.3 Å². The van der Waals surface area contributed by atoms with Gasteiger partial charge in [-0.2, -0.15) is 4.98 Å². The van der Waals surface area contributed by atoms with Crippen LogP contribution in [0.5, 0.6) is 5.75 Å². The second-order valence-electron chi connectivity index (χ2n) is 4.36. The first kappa shape index (κ1) is 13.4. The summed E-state index contributed by atoms with van der Waals surface area (Å²) in [5.74, 6) is 0.860. The van der Waals surface area contributed by atoms with E-state index in [2.05, 4.69) is 10.3 Å². The Morgan fingerprint density at radius 3 is 2.68 bits per heavy atom. The molecule has 1 heterocycles. The van der Waals surface area contributed by atoms with Gasteiger partial charge in [0.2, 0.25) is 0 Å². The molecule has 0 saturated heterocycles. The molecule has 0 atom stereocenters. The van der Waals surface area contributed by atoms with E-state index in [0.717, 1.165) is 18.0 Å². The predicted molar refractivity (Wildman–Crippen MR) is 74.4 cm³/mol. The van der Waals surface area contributed by atoms with Gasteiger partial charge in [0.15, 0.2) is 0 Å². The largest absolute Gasteiger partial charge is 0.497 e. The minimum Gasteiger partial charge on any atom is -0.497 e. The molecule has 5 nitrogen and oxygen atoms in total. The van der Waals surface area contributed by atoms with Gasteiger partial charge in [-0.05, 0) is 24.7 Å². The molecule has 0 bridgehead atoms. The van der Waals surface area contributed by atoms with Crippen molar-refractivity contribution in [2.45, 2.75) is 13.1 Å². The minimum absolute atomic E-state index is 0.626. The Hall–Kier alpha value is -2.01. The van der Waals surface area contributed by atoms with Gasteiger partial charge in [-0.25, -0.2) is 0 Å². The van der Waals surface area contributed by atoms with Crippen LogP contribution in [0.2, 0.25) is 0 Å². The predicted octanol–water partition coefficient (Wildman–Crippen LogP) is 2.04. The van der Waals surface area contributed by atoms with Crippen LogP contribution in [0.15, 0.2) is 34.9 Å². The monoisotopic (exact) mass is 261 g/mol. The fourth-order valence-electron chi connectivity index (χ4n) is 1.81. The van der Waals surface area contributed by atoms with Crippen molar-refractivity contribution in [3.05, 3.63) is 41.8 Å². The summed E-state index contributed by atoms with van der Waals surface area (Å²) in [6.45, 7) is 1.45. The van der Waals surface area contributed by atoms with E-state index in [1.54, 1.807) is 13.4 Å². The zero-order chi connectivity index (χ0) is 13.7. The van der Waals surface area contributed by atoms with E-state index in [1.165, 1.54) is 5.56 Å². The number of anilines is 1. The summed E-state index contributed by atoms with van der Waals surface area (Å²) in [5, 5.41) is 3.04. The number of hydrogen-bond acceptors (Lipinski definition) is 5. The van der Waals surface area contributed by atoms with Crippen LogP contribution >= 0.6 is 0 Å². The number of ether oxygens (including phenoxy) is 1. The van der Waals surface area contributed by atoms with E-state index in [9.17, 15) is 0 Å². The SMILES string of the molecule is CNCc1coc(N(C)Cc2ccc(OC)cc2)n1. The molecule has 0 spiro atoms. The molecule has 0 amide bonds. The Kier molecular flexibility index (Phi) is 4.41. The maximum atomic E-state index is 5.45. The van der Waals surface area contributed by atoms with Gasteiger partial charge in [0.1, 0.15) is 12.0 Å². The maximum absolute atomic E-state index is 5.45. The molecule has 0 aliphatic rings. The zero-order valence-electron chi connectivity index (χ0n) is 11.5. The van der Waals surface area contributed by atoms with Crippen LogP contribution in [-0.4, -0.2) is 26.2 Å². The number of aromatic nitrogens is 1. The topological polar surface area (TPSA) is 50.5 Å². The lowest BCUT2D eigenvalue weighted by molar-refractivity contribution is 0.414. The van der Waals surface area contributed by atoms with E-state index < -0.39 is 0 Å². The highest BCUT2D eigenvalue weighted by atomic mass is 16.5. The number of methoxy groups -OCH3 is 1. The van der Waals surface area contributed by atoms with Crippen LogP contribution in [-0.2, 0) is 13.1 Å². The standard InChI is InChI=1S/C14H19N3O2/c1-15-8-12-10-19-14(16-12)17(2)9-11-4-6-13(18-3)7-5-11/h4-7,10,15H,8-9H2,1-3H3. The third-order valence-electron chi connectivity index (χ3n) is 2.80. The molecular formula is C14H19N3O2. The Balaban J connectivity index is 2.00. The van der Waals surface area contributed by atoms with E-state index in [-0.39, 0.29) is 0 Å². The van der Waals surface area contributed by atoms with Crippen LogP contribution in [0.4, 0.5) is 6.01 Å².